The zero-order valence-electron chi connectivity index (χ0n) is 23.1. The highest BCUT2D eigenvalue weighted by Gasteiger charge is 2.30. The van der Waals surface area contributed by atoms with Gasteiger partial charge in [0.1, 0.15) is 0 Å². The molecule has 2 aromatic heterocycles. The molecule has 2 amide bonds. The summed E-state index contributed by atoms with van der Waals surface area (Å²) < 4.78 is 1.72. The Morgan fingerprint density at radius 3 is 2.85 bits per heavy atom. The van der Waals surface area contributed by atoms with Crippen LogP contribution in [-0.2, 0) is 16.1 Å². The highest BCUT2D eigenvalue weighted by atomic mass is 16.3. The molecule has 4 N–H and O–H groups in total. The molecule has 5 rings (SSSR count). The fourth-order valence-electron chi connectivity index (χ4n) is 5.45. The Labute approximate surface area is 234 Å². The predicted octanol–water partition coefficient (Wildman–Crippen LogP) is 3.55. The number of fused-ring (bicyclic) bond motifs is 1. The highest BCUT2D eigenvalue weighted by Crippen LogP contribution is 2.25. The topological polar surface area (TPSA) is 137 Å². The smallest absolute Gasteiger partial charge is 0.245 e. The average Bonchev–Trinajstić information content (AvgIpc) is 3.60. The van der Waals surface area contributed by atoms with Gasteiger partial charge in [-0.15, -0.1) is 0 Å². The SMILES string of the molecule is C=CC(=O)N1CCC(C(=O)Nc2cccc(CNc3nc(N[C@H]4CCC[C@@H](O)C4)nc4c(C(C)C)cnn34)c2)C1. The van der Waals surface area contributed by atoms with Gasteiger partial charge in [0.25, 0.3) is 0 Å². The number of carbonyl (C=O) groups excluding carboxylic acids is 2. The zero-order chi connectivity index (χ0) is 28.2. The van der Waals surface area contributed by atoms with Crippen LogP contribution in [0, 0.1) is 5.92 Å². The molecular formula is C29H38N8O3. The van der Waals surface area contributed by atoms with Crippen LogP contribution in [0.4, 0.5) is 17.6 Å². The first-order chi connectivity index (χ1) is 19.3. The lowest BCUT2D eigenvalue weighted by molar-refractivity contribution is -0.125. The van der Waals surface area contributed by atoms with Crippen molar-refractivity contribution in [3.05, 3.63) is 54.2 Å². The predicted molar refractivity (Wildman–Crippen MR) is 154 cm³/mol. The molecule has 3 aromatic rings. The van der Waals surface area contributed by atoms with Crippen molar-refractivity contribution < 1.29 is 14.7 Å². The van der Waals surface area contributed by atoms with Crippen molar-refractivity contribution in [3.63, 3.8) is 0 Å². The largest absolute Gasteiger partial charge is 0.393 e. The van der Waals surface area contributed by atoms with Crippen LogP contribution < -0.4 is 16.0 Å². The maximum atomic E-state index is 12.8. The number of aliphatic hydroxyl groups is 1. The van der Waals surface area contributed by atoms with Gasteiger partial charge in [-0.2, -0.15) is 19.6 Å². The fourth-order valence-corrected chi connectivity index (χ4v) is 5.45. The van der Waals surface area contributed by atoms with Crippen molar-refractivity contribution >= 4 is 35.0 Å². The second kappa shape index (κ2) is 12.0. The minimum absolute atomic E-state index is 0.0942. The van der Waals surface area contributed by atoms with Crippen LogP contribution in [-0.4, -0.2) is 66.6 Å². The second-order valence-electron chi connectivity index (χ2n) is 11.0. The summed E-state index contributed by atoms with van der Waals surface area (Å²) in [6.07, 6.45) is 6.89. The van der Waals surface area contributed by atoms with Gasteiger partial charge in [0.05, 0.1) is 18.2 Å². The quantitative estimate of drug-likeness (QED) is 0.299. The van der Waals surface area contributed by atoms with Crippen LogP contribution in [0.2, 0.25) is 0 Å². The molecule has 11 heteroatoms. The Kier molecular flexibility index (Phi) is 8.29. The van der Waals surface area contributed by atoms with Crippen molar-refractivity contribution in [2.24, 2.45) is 5.92 Å². The lowest BCUT2D eigenvalue weighted by atomic mass is 9.93. The molecule has 1 aliphatic carbocycles. The van der Waals surface area contributed by atoms with E-state index in [1.807, 2.05) is 30.5 Å². The number of aliphatic hydroxyl groups excluding tert-OH is 1. The minimum atomic E-state index is -0.302. The molecule has 0 bridgehead atoms. The van der Waals surface area contributed by atoms with E-state index in [1.54, 1.807) is 9.42 Å². The number of carbonyl (C=O) groups is 2. The number of amides is 2. The van der Waals surface area contributed by atoms with E-state index < -0.39 is 0 Å². The average molecular weight is 547 g/mol. The monoisotopic (exact) mass is 546 g/mol. The highest BCUT2D eigenvalue weighted by molar-refractivity contribution is 5.94. The summed E-state index contributed by atoms with van der Waals surface area (Å²) in [4.78, 5) is 35.9. The molecule has 40 heavy (non-hydrogen) atoms. The van der Waals surface area contributed by atoms with E-state index in [-0.39, 0.29) is 35.8 Å². The van der Waals surface area contributed by atoms with Crippen LogP contribution in [0.1, 0.15) is 63.0 Å². The Morgan fingerprint density at radius 2 is 2.08 bits per heavy atom. The molecule has 1 saturated carbocycles. The number of hydrogen-bond donors (Lipinski definition) is 4. The van der Waals surface area contributed by atoms with Crippen LogP contribution in [0.25, 0.3) is 5.65 Å². The summed E-state index contributed by atoms with van der Waals surface area (Å²) >= 11 is 0. The van der Waals surface area contributed by atoms with Gasteiger partial charge in [-0.05, 0) is 61.8 Å². The molecule has 11 nitrogen and oxygen atoms in total. The first-order valence-corrected chi connectivity index (χ1v) is 14.1. The Hall–Kier alpha value is -3.99. The molecule has 0 spiro atoms. The Morgan fingerprint density at radius 1 is 1.23 bits per heavy atom. The summed E-state index contributed by atoms with van der Waals surface area (Å²) in [5.41, 5.74) is 3.43. The van der Waals surface area contributed by atoms with Gasteiger partial charge in [-0.25, -0.2) is 0 Å². The zero-order valence-corrected chi connectivity index (χ0v) is 23.1. The number of likely N-dealkylation sites (tertiary alicyclic amines) is 1. The molecule has 0 radical (unpaired) electrons. The lowest BCUT2D eigenvalue weighted by Crippen LogP contribution is -2.30. The van der Waals surface area contributed by atoms with Crippen molar-refractivity contribution in [1.82, 2.24) is 24.5 Å². The fraction of sp³-hybridized carbons (Fsp3) is 0.483. The van der Waals surface area contributed by atoms with E-state index in [2.05, 4.69) is 41.5 Å². The number of nitrogens with one attached hydrogen (secondary N) is 3. The normalized spacial score (nSPS) is 21.0. The Balaban J connectivity index is 1.29. The summed E-state index contributed by atoms with van der Waals surface area (Å²) in [5.74, 6) is 0.831. The Bertz CT molecular complexity index is 1390. The van der Waals surface area contributed by atoms with Gasteiger partial charge in [0, 0.05) is 36.9 Å². The molecule has 1 unspecified atom stereocenters. The molecular weight excluding hydrogens is 508 g/mol. The van der Waals surface area contributed by atoms with Crippen molar-refractivity contribution in [3.8, 4) is 0 Å². The number of hydrogen-bond acceptors (Lipinski definition) is 8. The lowest BCUT2D eigenvalue weighted by Gasteiger charge is -2.26. The van der Waals surface area contributed by atoms with Gasteiger partial charge < -0.3 is 26.0 Å². The molecule has 3 atom stereocenters. The van der Waals surface area contributed by atoms with Crippen LogP contribution in [0.5, 0.6) is 0 Å². The molecule has 2 fully saturated rings. The number of aromatic nitrogens is 4. The van der Waals surface area contributed by atoms with E-state index in [0.717, 1.165) is 36.0 Å². The third-order valence-corrected chi connectivity index (χ3v) is 7.69. The van der Waals surface area contributed by atoms with Gasteiger partial charge >= 0.3 is 0 Å². The van der Waals surface area contributed by atoms with E-state index >= 15 is 0 Å². The van der Waals surface area contributed by atoms with E-state index in [4.69, 9.17) is 9.97 Å². The van der Waals surface area contributed by atoms with E-state index in [0.29, 0.717) is 50.1 Å². The second-order valence-corrected chi connectivity index (χ2v) is 11.0. The molecule has 3 heterocycles. The number of nitrogens with zero attached hydrogens (tertiary/aromatic N) is 5. The molecule has 212 valence electrons. The van der Waals surface area contributed by atoms with E-state index in [1.165, 1.54) is 6.08 Å². The maximum Gasteiger partial charge on any atom is 0.245 e. The molecule has 2 aliphatic rings. The van der Waals surface area contributed by atoms with Crippen LogP contribution in [0.3, 0.4) is 0 Å². The number of anilines is 3. The third-order valence-electron chi connectivity index (χ3n) is 7.69. The van der Waals surface area contributed by atoms with Crippen LogP contribution in [0.15, 0.2) is 43.1 Å². The first kappa shape index (κ1) is 27.6. The number of benzene rings is 1. The summed E-state index contributed by atoms with van der Waals surface area (Å²) in [6.45, 7) is 9.16. The third kappa shape index (κ3) is 6.25. The maximum absolute atomic E-state index is 12.8. The van der Waals surface area contributed by atoms with Gasteiger partial charge in [-0.1, -0.05) is 32.6 Å². The van der Waals surface area contributed by atoms with Crippen molar-refractivity contribution in [1.29, 1.82) is 0 Å². The van der Waals surface area contributed by atoms with Gasteiger partial charge in [0.15, 0.2) is 5.65 Å². The van der Waals surface area contributed by atoms with Gasteiger partial charge in [-0.3, -0.25) is 9.59 Å². The summed E-state index contributed by atoms with van der Waals surface area (Å²) in [5, 5.41) is 24.5. The van der Waals surface area contributed by atoms with Crippen LogP contribution >= 0.6 is 0 Å². The molecule has 1 aromatic carbocycles. The summed E-state index contributed by atoms with van der Waals surface area (Å²) in [6, 6.07) is 7.78. The minimum Gasteiger partial charge on any atom is -0.393 e. The van der Waals surface area contributed by atoms with Crippen molar-refractivity contribution in [2.45, 2.75) is 70.6 Å². The number of rotatable bonds is 9. The summed E-state index contributed by atoms with van der Waals surface area (Å²) in [7, 11) is 0. The molecule has 1 saturated heterocycles. The molecule has 1 aliphatic heterocycles. The standard InChI is InChI=1S/C29H38N8O3/c1-4-25(39)36-12-11-20(17-36)27(40)32-21-8-5-7-19(13-21)15-30-29-35-28(33-22-9-6-10-23(38)14-22)34-26-24(18(2)3)16-31-37(26)29/h4-5,7-8,13,16,18,20,22-23,38H,1,6,9-12,14-15,17H2,2-3H3,(H,32,40)(H2,30,33,34,35)/t20?,22-,23+/m0/s1. The first-order valence-electron chi connectivity index (χ1n) is 14.1. The van der Waals surface area contributed by atoms with Gasteiger partial charge in [0.2, 0.25) is 23.7 Å². The van der Waals surface area contributed by atoms with E-state index in [9.17, 15) is 14.7 Å². The van der Waals surface area contributed by atoms with Crippen molar-refractivity contribution in [2.75, 3.05) is 29.0 Å².